The smallest absolute Gasteiger partial charge is 0.252 e. The first kappa shape index (κ1) is 44.3. The summed E-state index contributed by atoms with van der Waals surface area (Å²) in [6.45, 7) is -0.348. The molecule has 20 atom stereocenters. The number of halogens is 1. The number of alkyl halides is 1. The van der Waals surface area contributed by atoms with Crippen LogP contribution >= 0.6 is 0 Å². The molecule has 1 aliphatic carbocycles. The van der Waals surface area contributed by atoms with Gasteiger partial charge in [0.25, 0.3) is 5.91 Å². The molecule has 53 heavy (non-hydrogen) atoms. The summed E-state index contributed by atoms with van der Waals surface area (Å²) in [5.74, 6) is -1.19. The van der Waals surface area contributed by atoms with Gasteiger partial charge >= 0.3 is 0 Å². The second kappa shape index (κ2) is 20.1. The maximum absolute atomic E-state index is 14.1. The first-order valence-electron chi connectivity index (χ1n) is 17.8. The predicted molar refractivity (Wildman–Crippen MR) is 178 cm³/mol. The summed E-state index contributed by atoms with van der Waals surface area (Å²) in [5, 5.41) is 80.0. The molecule has 4 aliphatic rings. The molecule has 4 rings (SSSR count). The first-order valence-corrected chi connectivity index (χ1v) is 17.8. The molecule has 21 N–H and O–H groups in total. The topological polar surface area (TPSA) is 394 Å². The molecule has 22 nitrogen and oxygen atoms in total. The van der Waals surface area contributed by atoms with Gasteiger partial charge in [0.1, 0.15) is 61.1 Å². The van der Waals surface area contributed by atoms with E-state index < -0.39 is 142 Å². The summed E-state index contributed by atoms with van der Waals surface area (Å²) in [5.41, 5.74) is 35.3. The van der Waals surface area contributed by atoms with Crippen molar-refractivity contribution in [1.29, 1.82) is 0 Å². The molecule has 0 aromatic rings. The third-order valence-corrected chi connectivity index (χ3v) is 10.0. The van der Waals surface area contributed by atoms with Gasteiger partial charge in [-0.2, -0.15) is 0 Å². The Morgan fingerprint density at radius 1 is 0.792 bits per heavy atom. The number of rotatable bonds is 17. The number of nitrogens with two attached hydrogens (primary N) is 6. The minimum atomic E-state index is -2.16. The Kier molecular flexibility index (Phi) is 16.8. The Labute approximate surface area is 305 Å². The SMILES string of the molecule is NCCCNC[C@H]1O[C@H](O[C@H]2[C@H](O[C@@H]3O[C@H](CO)[C@@H](O[C@H]4O[C@@H](CN)[C@@H](O)[C@H](O)[C@H]4N)[C@H]3O)[C@@H](O)[C@H](NC(=O)C(O)[C@@H](F)CN)C[C@@H]2N)[C@H](N)C[C@@H]1O. The standard InChI is InChI=1S/C30H59FN8O14/c31-10(6-33)19(42)27(47)39-13-4-11(35)24(51-28-12(36)5-14(41)16(49-28)8-38-3-1-2-32)26(20(13)43)53-30-23(46)25(17(9-40)50-30)52-29-18(37)22(45)21(44)15(7-34)48-29/h10-26,28-30,38,40-46H,1-9,32-37H2,(H,39,47)/t10-,11-,12+,13+,14-,15-,16+,17+,18+,19?,20-,21+,22+,23+,24+,25+,26+,28+,29+,30-/m0/s1. The molecule has 23 heteroatoms. The van der Waals surface area contributed by atoms with E-state index in [1.807, 2.05) is 0 Å². The molecule has 3 heterocycles. The van der Waals surface area contributed by atoms with E-state index in [1.54, 1.807) is 0 Å². The van der Waals surface area contributed by atoms with Crippen molar-refractivity contribution < 1.29 is 73.4 Å². The van der Waals surface area contributed by atoms with Crippen molar-refractivity contribution in [2.45, 2.75) is 142 Å². The lowest BCUT2D eigenvalue weighted by molar-refractivity contribution is -0.296. The van der Waals surface area contributed by atoms with Crippen LogP contribution in [0.3, 0.4) is 0 Å². The molecule has 310 valence electrons. The van der Waals surface area contributed by atoms with E-state index in [0.29, 0.717) is 19.5 Å². The highest BCUT2D eigenvalue weighted by molar-refractivity contribution is 5.81. The third-order valence-electron chi connectivity index (χ3n) is 10.0. The van der Waals surface area contributed by atoms with Crippen LogP contribution in [0.15, 0.2) is 0 Å². The Hall–Kier alpha value is -1.40. The lowest BCUT2D eigenvalue weighted by atomic mass is 9.83. The van der Waals surface area contributed by atoms with Crippen molar-refractivity contribution in [3.63, 3.8) is 0 Å². The fourth-order valence-corrected chi connectivity index (χ4v) is 6.84. The molecular formula is C30H59FN8O14. The van der Waals surface area contributed by atoms with Gasteiger partial charge in [-0.1, -0.05) is 0 Å². The number of hydrogen-bond acceptors (Lipinski definition) is 21. The van der Waals surface area contributed by atoms with Crippen LogP contribution in [0.25, 0.3) is 0 Å². The van der Waals surface area contributed by atoms with Gasteiger partial charge in [-0.3, -0.25) is 4.79 Å². The molecule has 0 radical (unpaired) electrons. The maximum atomic E-state index is 14.1. The minimum Gasteiger partial charge on any atom is -0.394 e. The minimum absolute atomic E-state index is 0.0653. The Morgan fingerprint density at radius 3 is 2.08 bits per heavy atom. The zero-order valence-corrected chi connectivity index (χ0v) is 29.2. The number of carbonyl (C=O) groups is 1. The van der Waals surface area contributed by atoms with Crippen LogP contribution in [-0.2, 0) is 33.2 Å². The van der Waals surface area contributed by atoms with E-state index in [1.165, 1.54) is 0 Å². The molecule has 3 saturated heterocycles. The summed E-state index contributed by atoms with van der Waals surface area (Å²) < 4.78 is 49.6. The van der Waals surface area contributed by atoms with Crippen LogP contribution in [0.5, 0.6) is 0 Å². The largest absolute Gasteiger partial charge is 0.394 e. The van der Waals surface area contributed by atoms with Crippen molar-refractivity contribution in [2.24, 2.45) is 34.4 Å². The summed E-state index contributed by atoms with van der Waals surface area (Å²) in [7, 11) is 0. The van der Waals surface area contributed by atoms with Crippen LogP contribution < -0.4 is 45.0 Å². The molecular weight excluding hydrogens is 715 g/mol. The summed E-state index contributed by atoms with van der Waals surface area (Å²) in [6.07, 6.45) is -22.8. The number of aliphatic hydroxyl groups is 7. The van der Waals surface area contributed by atoms with Crippen LogP contribution in [0, 0.1) is 0 Å². The van der Waals surface area contributed by atoms with E-state index in [9.17, 15) is 44.9 Å². The lowest BCUT2D eigenvalue weighted by Gasteiger charge is -2.47. The molecule has 1 saturated carbocycles. The van der Waals surface area contributed by atoms with Gasteiger partial charge in [0, 0.05) is 25.7 Å². The zero-order valence-electron chi connectivity index (χ0n) is 29.2. The molecule has 0 aromatic carbocycles. The monoisotopic (exact) mass is 774 g/mol. The Balaban J connectivity index is 1.55. The number of nitrogens with one attached hydrogen (secondary N) is 2. The van der Waals surface area contributed by atoms with Crippen LogP contribution in [-0.4, -0.2) is 203 Å². The van der Waals surface area contributed by atoms with Gasteiger partial charge in [-0.15, -0.1) is 0 Å². The number of carbonyl (C=O) groups excluding carboxylic acids is 1. The second-order valence-corrected chi connectivity index (χ2v) is 13.9. The summed E-state index contributed by atoms with van der Waals surface area (Å²) >= 11 is 0. The fraction of sp³-hybridized carbons (Fsp3) is 0.967. The Bertz CT molecular complexity index is 1130. The van der Waals surface area contributed by atoms with Gasteiger partial charge in [0.2, 0.25) is 0 Å². The number of amides is 1. The second-order valence-electron chi connectivity index (χ2n) is 13.9. The third kappa shape index (κ3) is 10.5. The van der Waals surface area contributed by atoms with Gasteiger partial charge in [-0.05, 0) is 32.4 Å². The van der Waals surface area contributed by atoms with E-state index in [2.05, 4.69) is 10.6 Å². The van der Waals surface area contributed by atoms with Crippen LogP contribution in [0.4, 0.5) is 4.39 Å². The summed E-state index contributed by atoms with van der Waals surface area (Å²) in [6, 6.07) is -4.52. The van der Waals surface area contributed by atoms with Crippen molar-refractivity contribution in [1.82, 2.24) is 10.6 Å². The van der Waals surface area contributed by atoms with E-state index in [-0.39, 0.29) is 25.9 Å². The number of aliphatic hydroxyl groups excluding tert-OH is 7. The quantitative estimate of drug-likeness (QED) is 0.0610. The van der Waals surface area contributed by atoms with Gasteiger partial charge in [-0.25, -0.2) is 4.39 Å². The van der Waals surface area contributed by atoms with Crippen molar-refractivity contribution >= 4 is 5.91 Å². The predicted octanol–water partition coefficient (Wildman–Crippen LogP) is -9.07. The average molecular weight is 775 g/mol. The van der Waals surface area contributed by atoms with Gasteiger partial charge < -0.3 is 109 Å². The molecule has 1 unspecified atom stereocenters. The van der Waals surface area contributed by atoms with E-state index >= 15 is 0 Å². The summed E-state index contributed by atoms with van der Waals surface area (Å²) in [4.78, 5) is 12.7. The average Bonchev–Trinajstić information content (AvgIpc) is 3.43. The molecule has 0 bridgehead atoms. The normalized spacial score (nSPS) is 44.8. The molecule has 3 aliphatic heterocycles. The zero-order chi connectivity index (χ0) is 39.1. The highest BCUT2D eigenvalue weighted by atomic mass is 19.1. The van der Waals surface area contributed by atoms with Crippen molar-refractivity contribution in [3.05, 3.63) is 0 Å². The fourth-order valence-electron chi connectivity index (χ4n) is 6.84. The lowest BCUT2D eigenvalue weighted by Crippen LogP contribution is -2.67. The number of ether oxygens (including phenoxy) is 6. The van der Waals surface area contributed by atoms with Gasteiger partial charge in [0.05, 0.1) is 36.9 Å². The van der Waals surface area contributed by atoms with Crippen molar-refractivity contribution in [2.75, 3.05) is 39.3 Å². The molecule has 4 fully saturated rings. The Morgan fingerprint density at radius 2 is 1.43 bits per heavy atom. The maximum Gasteiger partial charge on any atom is 0.252 e. The highest BCUT2D eigenvalue weighted by Gasteiger charge is 2.54. The van der Waals surface area contributed by atoms with Crippen LogP contribution in [0.1, 0.15) is 19.3 Å². The van der Waals surface area contributed by atoms with Gasteiger partial charge in [0.15, 0.2) is 25.0 Å². The number of hydrogen-bond donors (Lipinski definition) is 15. The first-order chi connectivity index (χ1) is 25.2. The molecule has 0 spiro atoms. The van der Waals surface area contributed by atoms with E-state index in [0.717, 1.165) is 0 Å². The molecule has 1 amide bonds. The van der Waals surface area contributed by atoms with Crippen LogP contribution in [0.2, 0.25) is 0 Å². The molecule has 0 aromatic heterocycles. The van der Waals surface area contributed by atoms with E-state index in [4.69, 9.17) is 62.8 Å². The van der Waals surface area contributed by atoms with Crippen molar-refractivity contribution in [3.8, 4) is 0 Å². The highest BCUT2D eigenvalue weighted by Crippen LogP contribution is 2.34.